The molecule has 0 saturated heterocycles. The van der Waals surface area contributed by atoms with Gasteiger partial charge in [-0.15, -0.1) is 0 Å². The summed E-state index contributed by atoms with van der Waals surface area (Å²) in [5.41, 5.74) is 0. The molecule has 0 saturated carbocycles. The Morgan fingerprint density at radius 3 is 0.909 bits per heavy atom. The van der Waals surface area contributed by atoms with Crippen molar-refractivity contribution in [2.75, 3.05) is 0 Å². The van der Waals surface area contributed by atoms with Crippen LogP contribution in [0, 0.1) is 0 Å². The molecule has 0 aliphatic rings. The molecule has 0 aliphatic carbocycles. The van der Waals surface area contributed by atoms with Gasteiger partial charge < -0.3 is 37.4 Å². The van der Waals surface area contributed by atoms with E-state index in [2.05, 4.69) is 4.81 Å². The molecule has 9 nitrogen and oxygen atoms in total. The number of hydrogen-bond donors (Lipinski definition) is 3. The second kappa shape index (κ2) is 45.5. The van der Waals surface area contributed by atoms with Crippen molar-refractivity contribution in [1.82, 2.24) is 0 Å². The fourth-order valence-electron chi connectivity index (χ4n) is 0. The summed E-state index contributed by atoms with van der Waals surface area (Å²) in [7, 11) is -2.06. The van der Waals surface area contributed by atoms with Crippen molar-refractivity contribution in [3.63, 3.8) is 0 Å². The molecule has 0 radical (unpaired) electrons. The topological polar surface area (TPSA) is 227 Å². The van der Waals surface area contributed by atoms with Gasteiger partial charge in [-0.1, -0.05) is 0 Å². The van der Waals surface area contributed by atoms with Crippen LogP contribution in [-0.4, -0.2) is 79.6 Å². The SMILES string of the molecule is O.O.O.O.O.OOB(O)O.[NaH]. The van der Waals surface area contributed by atoms with E-state index in [1.165, 1.54) is 0 Å². The van der Waals surface area contributed by atoms with Crippen molar-refractivity contribution in [2.24, 2.45) is 0 Å². The van der Waals surface area contributed by atoms with Crippen molar-refractivity contribution in [3.8, 4) is 0 Å². The van der Waals surface area contributed by atoms with Gasteiger partial charge in [0, 0.05) is 0 Å². The van der Waals surface area contributed by atoms with Crippen molar-refractivity contribution < 1.29 is 47.5 Å². The Bertz CT molecular complexity index is 23.5. The molecule has 0 aliphatic heterocycles. The molecule has 0 aromatic rings. The fraction of sp³-hybridized carbons (Fsp3) is 0. The van der Waals surface area contributed by atoms with Gasteiger partial charge in [-0.25, -0.2) is 4.81 Å². The van der Waals surface area contributed by atoms with Crippen molar-refractivity contribution in [1.29, 1.82) is 0 Å². The van der Waals surface area contributed by atoms with Crippen LogP contribution in [-0.2, 0) is 4.81 Å². The summed E-state index contributed by atoms with van der Waals surface area (Å²) in [5.74, 6) is 0. The first-order valence-electron chi connectivity index (χ1n) is 0.935. The van der Waals surface area contributed by atoms with Crippen LogP contribution in [0.25, 0.3) is 0 Å². The Balaban J connectivity index is -0.00000000533. The minimum absolute atomic E-state index is 0. The van der Waals surface area contributed by atoms with E-state index < -0.39 is 7.32 Å². The Labute approximate surface area is 84.5 Å². The summed E-state index contributed by atoms with van der Waals surface area (Å²) in [5, 5.41) is 22.0. The van der Waals surface area contributed by atoms with Gasteiger partial charge >= 0.3 is 36.9 Å². The first-order chi connectivity index (χ1) is 2.27. The van der Waals surface area contributed by atoms with Gasteiger partial charge in [-0.05, 0) is 0 Å². The molecule has 0 atom stereocenters. The van der Waals surface area contributed by atoms with E-state index in [-0.39, 0.29) is 56.9 Å². The van der Waals surface area contributed by atoms with Gasteiger partial charge in [0.1, 0.15) is 0 Å². The van der Waals surface area contributed by atoms with E-state index in [0.717, 1.165) is 0 Å². The summed E-state index contributed by atoms with van der Waals surface area (Å²) in [6.45, 7) is 0. The third-order valence-corrected chi connectivity index (χ3v) is 0.0943. The van der Waals surface area contributed by atoms with Crippen LogP contribution in [0.3, 0.4) is 0 Å². The van der Waals surface area contributed by atoms with Gasteiger partial charge in [-0.2, -0.15) is 0 Å². The molecule has 11 heavy (non-hydrogen) atoms. The summed E-state index contributed by atoms with van der Waals surface area (Å²) >= 11 is 0. The molecular weight excluding hydrogens is 178 g/mol. The zero-order chi connectivity index (χ0) is 4.28. The van der Waals surface area contributed by atoms with E-state index in [1.807, 2.05) is 0 Å². The zero-order valence-electron chi connectivity index (χ0n) is 4.83. The van der Waals surface area contributed by atoms with Gasteiger partial charge in [0.05, 0.1) is 0 Å². The molecule has 11 heteroatoms. The maximum absolute atomic E-state index is 7.44. The van der Waals surface area contributed by atoms with Crippen LogP contribution < -0.4 is 0 Å². The van der Waals surface area contributed by atoms with E-state index in [0.29, 0.717) is 0 Å². The van der Waals surface area contributed by atoms with Gasteiger partial charge in [0.15, 0.2) is 0 Å². The normalized spacial score (nSPS) is 3.55. The third-order valence-electron chi connectivity index (χ3n) is 0.0943. The molecule has 13 N–H and O–H groups in total. The molecule has 0 aromatic heterocycles. The van der Waals surface area contributed by atoms with Crippen molar-refractivity contribution in [3.05, 3.63) is 0 Å². The Kier molecular flexibility index (Phi) is 251. The predicted octanol–water partition coefficient (Wildman–Crippen LogP) is -6.33. The average molecular weight is 192 g/mol. The van der Waals surface area contributed by atoms with E-state index in [4.69, 9.17) is 15.3 Å². The molecule has 0 rings (SSSR count). The van der Waals surface area contributed by atoms with Gasteiger partial charge in [0.2, 0.25) is 0 Å². The van der Waals surface area contributed by atoms with Crippen molar-refractivity contribution >= 4 is 36.9 Å². The Morgan fingerprint density at radius 1 is 0.818 bits per heavy atom. The summed E-state index contributed by atoms with van der Waals surface area (Å²) in [4.78, 5) is 2.86. The van der Waals surface area contributed by atoms with Crippen LogP contribution in [0.5, 0.6) is 0 Å². The molecular formula is H14BNaO9. The fourth-order valence-corrected chi connectivity index (χ4v) is 0. The molecule has 72 valence electrons. The maximum atomic E-state index is 7.44. The van der Waals surface area contributed by atoms with Gasteiger partial charge in [-0.3, -0.25) is 5.26 Å². The third kappa shape index (κ3) is 111. The quantitative estimate of drug-likeness (QED) is 0.209. The summed E-state index contributed by atoms with van der Waals surface area (Å²) < 4.78 is 0. The molecule has 0 fully saturated rings. The van der Waals surface area contributed by atoms with Crippen molar-refractivity contribution in [2.45, 2.75) is 0 Å². The molecule has 0 bridgehead atoms. The predicted molar refractivity (Wildman–Crippen MR) is 39.1 cm³/mol. The second-order valence-electron chi connectivity index (χ2n) is 0.432. The summed E-state index contributed by atoms with van der Waals surface area (Å²) in [6.07, 6.45) is 0. The summed E-state index contributed by atoms with van der Waals surface area (Å²) in [6, 6.07) is 0. The van der Waals surface area contributed by atoms with Crippen LogP contribution in [0.1, 0.15) is 0 Å². The van der Waals surface area contributed by atoms with E-state index in [1.54, 1.807) is 0 Å². The van der Waals surface area contributed by atoms with Crippen LogP contribution in [0.15, 0.2) is 0 Å². The average Bonchev–Trinajstić information content (AvgIpc) is 1.38. The molecule has 0 spiro atoms. The minimum atomic E-state index is -2.06. The van der Waals surface area contributed by atoms with Crippen LogP contribution in [0.2, 0.25) is 0 Å². The molecule has 0 heterocycles. The standard InChI is InChI=1S/BH3O4.Na.5H2O.H/c2-1(3)5-4;;;;;;;/h2-4H;;5*1H2;. The number of hydrogen-bond acceptors (Lipinski definition) is 4. The first kappa shape index (κ1) is 60.6. The van der Waals surface area contributed by atoms with E-state index in [9.17, 15) is 0 Å². The second-order valence-corrected chi connectivity index (χ2v) is 0.432. The first-order valence-corrected chi connectivity index (χ1v) is 0.935. The van der Waals surface area contributed by atoms with Crippen LogP contribution >= 0.6 is 0 Å². The Morgan fingerprint density at radius 2 is 0.909 bits per heavy atom. The molecule has 0 aromatic carbocycles. The molecule has 0 unspecified atom stereocenters. The Hall–Kier alpha value is 0.705. The van der Waals surface area contributed by atoms with Gasteiger partial charge in [0.25, 0.3) is 0 Å². The molecule has 0 amide bonds. The van der Waals surface area contributed by atoms with Crippen LogP contribution in [0.4, 0.5) is 0 Å². The zero-order valence-corrected chi connectivity index (χ0v) is 4.83. The van der Waals surface area contributed by atoms with E-state index >= 15 is 0 Å². The number of rotatable bonds is 1. The monoisotopic (exact) mass is 192 g/mol.